The summed E-state index contributed by atoms with van der Waals surface area (Å²) in [7, 11) is 0. The van der Waals surface area contributed by atoms with Gasteiger partial charge in [0.2, 0.25) is 5.91 Å². The van der Waals surface area contributed by atoms with Crippen molar-refractivity contribution >= 4 is 5.91 Å². The van der Waals surface area contributed by atoms with Crippen LogP contribution in [0.3, 0.4) is 0 Å². The van der Waals surface area contributed by atoms with Gasteiger partial charge in [-0.15, -0.1) is 0 Å². The summed E-state index contributed by atoms with van der Waals surface area (Å²) in [5, 5.41) is 6.57. The quantitative estimate of drug-likeness (QED) is 0.795. The summed E-state index contributed by atoms with van der Waals surface area (Å²) in [5.41, 5.74) is 0. The van der Waals surface area contributed by atoms with Gasteiger partial charge in [-0.1, -0.05) is 6.92 Å². The van der Waals surface area contributed by atoms with E-state index in [0.717, 1.165) is 39.1 Å². The van der Waals surface area contributed by atoms with Crippen molar-refractivity contribution in [3.05, 3.63) is 0 Å². The number of hydrogen-bond donors (Lipinski definition) is 2. The molecule has 2 fully saturated rings. The molecule has 4 nitrogen and oxygen atoms in total. The third-order valence-electron chi connectivity index (χ3n) is 4.23. The number of piperidine rings is 1. The molecule has 2 unspecified atom stereocenters. The summed E-state index contributed by atoms with van der Waals surface area (Å²) >= 11 is 0. The molecule has 2 atom stereocenters. The monoisotopic (exact) mass is 254 g/mol. The number of carbonyl (C=O) groups is 1. The predicted octanol–water partition coefficient (Wildman–Crippen LogP) is 1.31. The van der Waals surface area contributed by atoms with Crippen LogP contribution in [-0.4, -0.2) is 38.3 Å². The molecule has 0 saturated carbocycles. The Bertz CT molecular complexity index is 259. The van der Waals surface area contributed by atoms with Gasteiger partial charge in [0.05, 0.1) is 0 Å². The molecule has 0 aromatic carbocycles. The van der Waals surface area contributed by atoms with Crippen LogP contribution in [0.1, 0.15) is 39.0 Å². The molecule has 0 aromatic rings. The fourth-order valence-corrected chi connectivity index (χ4v) is 2.95. The van der Waals surface area contributed by atoms with Gasteiger partial charge in [0.15, 0.2) is 0 Å². The summed E-state index contributed by atoms with van der Waals surface area (Å²) in [6.07, 6.45) is 5.11. The van der Waals surface area contributed by atoms with Crippen LogP contribution in [-0.2, 0) is 9.53 Å². The van der Waals surface area contributed by atoms with Crippen LogP contribution < -0.4 is 10.6 Å². The van der Waals surface area contributed by atoms with E-state index in [2.05, 4.69) is 17.6 Å². The SMILES string of the molecule is CC(CC(=O)NC1CCOCC1)C1CCCNC1. The van der Waals surface area contributed by atoms with Gasteiger partial charge in [-0.3, -0.25) is 4.79 Å². The lowest BCUT2D eigenvalue weighted by Gasteiger charge is -2.29. The molecular weight excluding hydrogens is 228 g/mol. The first-order chi connectivity index (χ1) is 8.75. The standard InChI is InChI=1S/C14H26N2O2/c1-11(12-3-2-6-15-10-12)9-14(17)16-13-4-7-18-8-5-13/h11-13,15H,2-10H2,1H3,(H,16,17). The maximum absolute atomic E-state index is 12.0. The Hall–Kier alpha value is -0.610. The second-order valence-electron chi connectivity index (χ2n) is 5.74. The lowest BCUT2D eigenvalue weighted by atomic mass is 9.85. The van der Waals surface area contributed by atoms with E-state index >= 15 is 0 Å². The van der Waals surface area contributed by atoms with E-state index < -0.39 is 0 Å². The third-order valence-corrected chi connectivity index (χ3v) is 4.23. The largest absolute Gasteiger partial charge is 0.381 e. The molecule has 0 radical (unpaired) electrons. The normalized spacial score (nSPS) is 27.7. The van der Waals surface area contributed by atoms with E-state index in [-0.39, 0.29) is 5.91 Å². The lowest BCUT2D eigenvalue weighted by Crippen LogP contribution is -2.41. The number of nitrogens with one attached hydrogen (secondary N) is 2. The molecule has 4 heteroatoms. The Kier molecular flexibility index (Phi) is 5.45. The molecule has 2 N–H and O–H groups in total. The van der Waals surface area contributed by atoms with Crippen LogP contribution in [0.15, 0.2) is 0 Å². The molecule has 0 aliphatic carbocycles. The van der Waals surface area contributed by atoms with Crippen molar-refractivity contribution in [3.8, 4) is 0 Å². The Morgan fingerprint density at radius 1 is 1.39 bits per heavy atom. The van der Waals surface area contributed by atoms with Gasteiger partial charge in [0, 0.05) is 25.7 Å². The van der Waals surface area contributed by atoms with Gasteiger partial charge < -0.3 is 15.4 Å². The highest BCUT2D eigenvalue weighted by molar-refractivity contribution is 5.76. The van der Waals surface area contributed by atoms with E-state index in [0.29, 0.717) is 24.3 Å². The second kappa shape index (κ2) is 7.10. The number of hydrogen-bond acceptors (Lipinski definition) is 3. The van der Waals surface area contributed by atoms with Gasteiger partial charge in [-0.25, -0.2) is 0 Å². The first-order valence-corrected chi connectivity index (χ1v) is 7.33. The van der Waals surface area contributed by atoms with Crippen molar-refractivity contribution in [2.45, 2.75) is 45.1 Å². The molecule has 2 aliphatic heterocycles. The number of carbonyl (C=O) groups excluding carboxylic acids is 1. The molecule has 18 heavy (non-hydrogen) atoms. The zero-order valence-electron chi connectivity index (χ0n) is 11.4. The molecule has 2 aliphatic rings. The molecule has 104 valence electrons. The first kappa shape index (κ1) is 13.8. The molecule has 0 aromatic heterocycles. The van der Waals surface area contributed by atoms with E-state index in [4.69, 9.17) is 4.74 Å². The number of amides is 1. The zero-order valence-corrected chi connectivity index (χ0v) is 11.4. The Balaban J connectivity index is 1.68. The van der Waals surface area contributed by atoms with Crippen LogP contribution in [0.25, 0.3) is 0 Å². The topological polar surface area (TPSA) is 50.4 Å². The molecule has 0 spiro atoms. The molecule has 1 amide bonds. The van der Waals surface area contributed by atoms with Crippen molar-refractivity contribution in [1.29, 1.82) is 0 Å². The van der Waals surface area contributed by atoms with Gasteiger partial charge in [0.1, 0.15) is 0 Å². The van der Waals surface area contributed by atoms with Crippen LogP contribution >= 0.6 is 0 Å². The van der Waals surface area contributed by atoms with Crippen molar-refractivity contribution in [2.24, 2.45) is 11.8 Å². The van der Waals surface area contributed by atoms with E-state index in [1.807, 2.05) is 0 Å². The number of ether oxygens (including phenoxy) is 1. The minimum Gasteiger partial charge on any atom is -0.381 e. The van der Waals surface area contributed by atoms with Gasteiger partial charge >= 0.3 is 0 Å². The second-order valence-corrected chi connectivity index (χ2v) is 5.74. The van der Waals surface area contributed by atoms with Crippen molar-refractivity contribution in [3.63, 3.8) is 0 Å². The zero-order chi connectivity index (χ0) is 12.8. The van der Waals surface area contributed by atoms with Gasteiger partial charge in [0.25, 0.3) is 0 Å². The highest BCUT2D eigenvalue weighted by atomic mass is 16.5. The summed E-state index contributed by atoms with van der Waals surface area (Å²) in [4.78, 5) is 12.0. The summed E-state index contributed by atoms with van der Waals surface area (Å²) < 4.78 is 5.30. The lowest BCUT2D eigenvalue weighted by molar-refractivity contribution is -0.123. The average molecular weight is 254 g/mol. The number of rotatable bonds is 4. The fourth-order valence-electron chi connectivity index (χ4n) is 2.95. The van der Waals surface area contributed by atoms with Gasteiger partial charge in [-0.05, 0) is 50.6 Å². The summed E-state index contributed by atoms with van der Waals surface area (Å²) in [5.74, 6) is 1.37. The van der Waals surface area contributed by atoms with E-state index in [9.17, 15) is 4.79 Å². The van der Waals surface area contributed by atoms with E-state index in [1.165, 1.54) is 12.8 Å². The van der Waals surface area contributed by atoms with Crippen LogP contribution in [0, 0.1) is 11.8 Å². The third kappa shape index (κ3) is 4.25. The summed E-state index contributed by atoms with van der Waals surface area (Å²) in [6, 6.07) is 0.336. The van der Waals surface area contributed by atoms with Crippen molar-refractivity contribution in [1.82, 2.24) is 10.6 Å². The van der Waals surface area contributed by atoms with Crippen LogP contribution in [0.5, 0.6) is 0 Å². The highest BCUT2D eigenvalue weighted by Gasteiger charge is 2.23. The molecule has 2 heterocycles. The predicted molar refractivity (Wildman–Crippen MR) is 71.4 cm³/mol. The fraction of sp³-hybridized carbons (Fsp3) is 0.929. The molecule has 2 saturated heterocycles. The smallest absolute Gasteiger partial charge is 0.220 e. The van der Waals surface area contributed by atoms with E-state index in [1.54, 1.807) is 0 Å². The van der Waals surface area contributed by atoms with Crippen LogP contribution in [0.2, 0.25) is 0 Å². The minimum absolute atomic E-state index is 0.222. The Labute approximate surface area is 110 Å². The first-order valence-electron chi connectivity index (χ1n) is 7.33. The molecule has 2 rings (SSSR count). The Morgan fingerprint density at radius 3 is 2.83 bits per heavy atom. The molecule has 0 bridgehead atoms. The highest BCUT2D eigenvalue weighted by Crippen LogP contribution is 2.22. The minimum atomic E-state index is 0.222. The maximum Gasteiger partial charge on any atom is 0.220 e. The van der Waals surface area contributed by atoms with Crippen molar-refractivity contribution in [2.75, 3.05) is 26.3 Å². The summed E-state index contributed by atoms with van der Waals surface area (Å²) in [6.45, 7) is 5.99. The maximum atomic E-state index is 12.0. The average Bonchev–Trinajstić information content (AvgIpc) is 2.40. The van der Waals surface area contributed by atoms with Gasteiger partial charge in [-0.2, -0.15) is 0 Å². The Morgan fingerprint density at radius 2 is 2.17 bits per heavy atom. The molecular formula is C14H26N2O2. The van der Waals surface area contributed by atoms with Crippen molar-refractivity contribution < 1.29 is 9.53 Å². The van der Waals surface area contributed by atoms with Crippen LogP contribution in [0.4, 0.5) is 0 Å².